The number of carbonyl (C=O) groups is 1. The zero-order chi connectivity index (χ0) is 15.9. The number of rotatable bonds is 6. The molecule has 0 radical (unpaired) electrons. The van der Waals surface area contributed by atoms with Crippen LogP contribution in [-0.4, -0.2) is 19.1 Å². The summed E-state index contributed by atoms with van der Waals surface area (Å²) >= 11 is 2.13. The smallest absolute Gasteiger partial charge is 0.387 e. The third-order valence-corrected chi connectivity index (χ3v) is 3.21. The molecule has 0 bridgehead atoms. The Labute approximate surface area is 139 Å². The van der Waals surface area contributed by atoms with E-state index in [2.05, 4.69) is 32.6 Å². The zero-order valence-electron chi connectivity index (χ0n) is 11.3. The number of anilines is 1. The van der Waals surface area contributed by atoms with Crippen molar-refractivity contribution in [1.29, 1.82) is 0 Å². The van der Waals surface area contributed by atoms with Gasteiger partial charge in [0.25, 0.3) is 5.91 Å². The Hall–Kier alpha value is -1.90. The number of halogens is 3. The number of carbonyl (C=O) groups excluding carboxylic acids is 1. The molecule has 1 N–H and O–H groups in total. The van der Waals surface area contributed by atoms with Crippen molar-refractivity contribution in [3.8, 4) is 11.5 Å². The maximum absolute atomic E-state index is 12.3. The molecule has 0 saturated carbocycles. The molecule has 1 amide bonds. The average molecular weight is 419 g/mol. The van der Waals surface area contributed by atoms with Gasteiger partial charge in [0.2, 0.25) is 0 Å². The Kier molecular flexibility index (Phi) is 5.93. The number of para-hydroxylation sites is 2. The van der Waals surface area contributed by atoms with E-state index in [4.69, 9.17) is 4.74 Å². The van der Waals surface area contributed by atoms with Crippen LogP contribution in [0.1, 0.15) is 0 Å². The van der Waals surface area contributed by atoms with E-state index >= 15 is 0 Å². The lowest BCUT2D eigenvalue weighted by Gasteiger charge is -2.12. The van der Waals surface area contributed by atoms with Gasteiger partial charge in [-0.2, -0.15) is 8.78 Å². The van der Waals surface area contributed by atoms with Gasteiger partial charge in [-0.05, 0) is 52.9 Å². The number of nitrogens with one attached hydrogen (secondary N) is 1. The predicted octanol–water partition coefficient (Wildman–Crippen LogP) is 3.91. The predicted molar refractivity (Wildman–Crippen MR) is 86.4 cm³/mol. The molecule has 0 fully saturated rings. The summed E-state index contributed by atoms with van der Waals surface area (Å²) in [5.74, 6) is -0.0107. The number of hydrogen-bond donors (Lipinski definition) is 1. The van der Waals surface area contributed by atoms with Crippen molar-refractivity contribution in [2.45, 2.75) is 6.61 Å². The lowest BCUT2D eigenvalue weighted by Crippen LogP contribution is -2.20. The fourth-order valence-electron chi connectivity index (χ4n) is 1.66. The van der Waals surface area contributed by atoms with Crippen LogP contribution in [0.4, 0.5) is 14.5 Å². The molecule has 0 atom stereocenters. The molecule has 7 heteroatoms. The van der Waals surface area contributed by atoms with E-state index in [1.165, 1.54) is 18.2 Å². The maximum Gasteiger partial charge on any atom is 0.387 e. The monoisotopic (exact) mass is 419 g/mol. The van der Waals surface area contributed by atoms with Crippen LogP contribution in [0.5, 0.6) is 11.5 Å². The second-order valence-corrected chi connectivity index (χ2v) is 5.41. The van der Waals surface area contributed by atoms with Gasteiger partial charge in [0.15, 0.2) is 6.61 Å². The van der Waals surface area contributed by atoms with Crippen LogP contribution in [0.15, 0.2) is 48.5 Å². The molecule has 0 aromatic heterocycles. The van der Waals surface area contributed by atoms with Gasteiger partial charge in [0, 0.05) is 3.57 Å². The maximum atomic E-state index is 12.3. The van der Waals surface area contributed by atoms with Crippen molar-refractivity contribution in [3.05, 3.63) is 52.1 Å². The van der Waals surface area contributed by atoms with Gasteiger partial charge in [-0.3, -0.25) is 4.79 Å². The molecule has 0 aliphatic heterocycles. The van der Waals surface area contributed by atoms with Crippen LogP contribution in [0, 0.1) is 3.57 Å². The van der Waals surface area contributed by atoms with Crippen molar-refractivity contribution in [1.82, 2.24) is 0 Å². The molecule has 2 rings (SSSR count). The first kappa shape index (κ1) is 16.5. The summed E-state index contributed by atoms with van der Waals surface area (Å²) < 4.78 is 35.2. The molecule has 116 valence electrons. The fraction of sp³-hybridized carbons (Fsp3) is 0.133. The first-order chi connectivity index (χ1) is 10.5. The lowest BCUT2D eigenvalue weighted by atomic mass is 10.3. The quantitative estimate of drug-likeness (QED) is 0.723. The first-order valence-electron chi connectivity index (χ1n) is 6.26. The Balaban J connectivity index is 1.95. The minimum absolute atomic E-state index is 0.0971. The number of ether oxygens (including phenoxy) is 2. The van der Waals surface area contributed by atoms with E-state index < -0.39 is 12.5 Å². The number of benzene rings is 2. The highest BCUT2D eigenvalue weighted by Gasteiger charge is 2.11. The van der Waals surface area contributed by atoms with Gasteiger partial charge < -0.3 is 14.8 Å². The second kappa shape index (κ2) is 7.92. The molecule has 2 aromatic carbocycles. The van der Waals surface area contributed by atoms with Crippen LogP contribution in [0.25, 0.3) is 0 Å². The summed E-state index contributed by atoms with van der Waals surface area (Å²) in [5.41, 5.74) is 0.166. The minimum atomic E-state index is -2.96. The van der Waals surface area contributed by atoms with Crippen molar-refractivity contribution < 1.29 is 23.0 Å². The van der Waals surface area contributed by atoms with Gasteiger partial charge >= 0.3 is 6.61 Å². The Morgan fingerprint density at radius 2 is 1.95 bits per heavy atom. The summed E-state index contributed by atoms with van der Waals surface area (Å²) in [6, 6.07) is 13.2. The Morgan fingerprint density at radius 3 is 2.68 bits per heavy atom. The summed E-state index contributed by atoms with van der Waals surface area (Å²) in [6.07, 6.45) is 0. The van der Waals surface area contributed by atoms with Crippen molar-refractivity contribution in [2.24, 2.45) is 0 Å². The van der Waals surface area contributed by atoms with Gasteiger partial charge in [-0.25, -0.2) is 0 Å². The summed E-state index contributed by atoms with van der Waals surface area (Å²) in [4.78, 5) is 11.8. The van der Waals surface area contributed by atoms with Crippen LogP contribution in [-0.2, 0) is 4.79 Å². The van der Waals surface area contributed by atoms with Crippen LogP contribution in [0.2, 0.25) is 0 Å². The van der Waals surface area contributed by atoms with E-state index in [1.807, 2.05) is 6.07 Å². The number of alkyl halides is 2. The fourth-order valence-corrected chi connectivity index (χ4v) is 2.18. The molecule has 0 unspecified atom stereocenters. The molecule has 0 aliphatic rings. The highest BCUT2D eigenvalue weighted by molar-refractivity contribution is 14.1. The van der Waals surface area contributed by atoms with E-state index in [0.717, 1.165) is 3.57 Å². The van der Waals surface area contributed by atoms with E-state index in [-0.39, 0.29) is 18.0 Å². The van der Waals surface area contributed by atoms with E-state index in [0.29, 0.717) is 5.75 Å². The lowest BCUT2D eigenvalue weighted by molar-refractivity contribution is -0.118. The Bertz CT molecular complexity index is 652. The summed E-state index contributed by atoms with van der Waals surface area (Å²) in [5, 5.41) is 2.48. The van der Waals surface area contributed by atoms with Crippen molar-refractivity contribution >= 4 is 34.2 Å². The highest BCUT2D eigenvalue weighted by atomic mass is 127. The van der Waals surface area contributed by atoms with Gasteiger partial charge in [-0.15, -0.1) is 0 Å². The van der Waals surface area contributed by atoms with Crippen LogP contribution < -0.4 is 14.8 Å². The van der Waals surface area contributed by atoms with Crippen molar-refractivity contribution in [3.63, 3.8) is 0 Å². The normalized spacial score (nSPS) is 10.4. The van der Waals surface area contributed by atoms with Crippen molar-refractivity contribution in [2.75, 3.05) is 11.9 Å². The zero-order valence-corrected chi connectivity index (χ0v) is 13.4. The first-order valence-corrected chi connectivity index (χ1v) is 7.34. The largest absolute Gasteiger partial charge is 0.484 e. The third-order valence-electron chi connectivity index (χ3n) is 2.54. The topological polar surface area (TPSA) is 47.6 Å². The SMILES string of the molecule is O=C(COc1cccc(I)c1)Nc1ccccc1OC(F)F. The number of amides is 1. The molecule has 0 heterocycles. The molecule has 0 aliphatic carbocycles. The summed E-state index contributed by atoms with van der Waals surface area (Å²) in [6.45, 7) is -3.19. The van der Waals surface area contributed by atoms with Crippen LogP contribution >= 0.6 is 22.6 Å². The molecule has 0 saturated heterocycles. The van der Waals surface area contributed by atoms with Gasteiger partial charge in [-0.1, -0.05) is 18.2 Å². The standard InChI is InChI=1S/C15H12F2INO3/c16-15(17)22-13-7-2-1-6-12(13)19-14(20)9-21-11-5-3-4-10(18)8-11/h1-8,15H,9H2,(H,19,20). The van der Waals surface area contributed by atoms with Crippen LogP contribution in [0.3, 0.4) is 0 Å². The average Bonchev–Trinajstić information content (AvgIpc) is 2.47. The Morgan fingerprint density at radius 1 is 1.18 bits per heavy atom. The summed E-state index contributed by atoms with van der Waals surface area (Å²) in [7, 11) is 0. The molecular weight excluding hydrogens is 407 g/mol. The molecule has 0 spiro atoms. The molecular formula is C15H12F2INO3. The molecule has 4 nitrogen and oxygen atoms in total. The minimum Gasteiger partial charge on any atom is -0.484 e. The third kappa shape index (κ3) is 5.14. The second-order valence-electron chi connectivity index (χ2n) is 4.17. The van der Waals surface area contributed by atoms with E-state index in [1.54, 1.807) is 24.3 Å². The number of hydrogen-bond acceptors (Lipinski definition) is 3. The molecule has 22 heavy (non-hydrogen) atoms. The van der Waals surface area contributed by atoms with Gasteiger partial charge in [0.1, 0.15) is 11.5 Å². The van der Waals surface area contributed by atoms with E-state index in [9.17, 15) is 13.6 Å². The molecule has 2 aromatic rings. The highest BCUT2D eigenvalue weighted by Crippen LogP contribution is 2.25. The van der Waals surface area contributed by atoms with Gasteiger partial charge in [0.05, 0.1) is 5.69 Å².